The van der Waals surface area contributed by atoms with Crippen LogP contribution in [0.1, 0.15) is 36.5 Å². The van der Waals surface area contributed by atoms with Gasteiger partial charge in [-0.3, -0.25) is 9.78 Å². The zero-order valence-corrected chi connectivity index (χ0v) is 15.2. The molecule has 3 rings (SSSR count). The maximum atomic E-state index is 12.9. The fourth-order valence-corrected chi connectivity index (χ4v) is 3.21. The summed E-state index contributed by atoms with van der Waals surface area (Å²) in [6, 6.07) is 11.3. The van der Waals surface area contributed by atoms with E-state index in [1.54, 1.807) is 12.3 Å². The lowest BCUT2D eigenvalue weighted by atomic mass is 10.1. The van der Waals surface area contributed by atoms with Crippen LogP contribution in [0.15, 0.2) is 42.6 Å². The molecule has 1 fully saturated rings. The van der Waals surface area contributed by atoms with Crippen LogP contribution >= 0.6 is 11.6 Å². The molecule has 0 radical (unpaired) electrons. The van der Waals surface area contributed by atoms with Crippen molar-refractivity contribution in [2.24, 2.45) is 0 Å². The summed E-state index contributed by atoms with van der Waals surface area (Å²) in [7, 11) is 0. The minimum Gasteiger partial charge on any atom is -0.376 e. The van der Waals surface area contributed by atoms with Gasteiger partial charge in [-0.2, -0.15) is 0 Å². The van der Waals surface area contributed by atoms with Crippen LogP contribution in [0.4, 0.5) is 0 Å². The van der Waals surface area contributed by atoms with Crippen molar-refractivity contribution in [3.63, 3.8) is 0 Å². The molecule has 1 aliphatic rings. The molecule has 2 heterocycles. The molecule has 132 valence electrons. The van der Waals surface area contributed by atoms with Crippen LogP contribution in [-0.2, 0) is 4.74 Å². The third-order valence-corrected chi connectivity index (χ3v) is 4.72. The molecule has 0 bridgehead atoms. The summed E-state index contributed by atoms with van der Waals surface area (Å²) in [5.74, 6) is 0.0347. The van der Waals surface area contributed by atoms with Gasteiger partial charge in [0, 0.05) is 37.0 Å². The molecule has 4 nitrogen and oxygen atoms in total. The van der Waals surface area contributed by atoms with Crippen LogP contribution in [0.2, 0.25) is 5.02 Å². The molecule has 0 spiro atoms. The zero-order chi connectivity index (χ0) is 17.6. The first kappa shape index (κ1) is 17.9. The number of carbonyl (C=O) groups excluding carboxylic acids is 1. The smallest absolute Gasteiger partial charge is 0.253 e. The molecule has 25 heavy (non-hydrogen) atoms. The number of ether oxygens (including phenoxy) is 1. The molecule has 0 aliphatic carbocycles. The quantitative estimate of drug-likeness (QED) is 0.793. The highest BCUT2D eigenvalue weighted by Gasteiger charge is 2.21. The van der Waals surface area contributed by atoms with Crippen LogP contribution < -0.4 is 0 Å². The number of benzene rings is 1. The molecule has 1 aromatic heterocycles. The lowest BCUT2D eigenvalue weighted by molar-refractivity contribution is -0.00311. The predicted octanol–water partition coefficient (Wildman–Crippen LogP) is 4.43. The highest BCUT2D eigenvalue weighted by Crippen LogP contribution is 2.21. The van der Waals surface area contributed by atoms with Crippen molar-refractivity contribution >= 4 is 17.5 Å². The van der Waals surface area contributed by atoms with Crippen molar-refractivity contribution in [2.45, 2.75) is 32.3 Å². The summed E-state index contributed by atoms with van der Waals surface area (Å²) in [4.78, 5) is 19.1. The van der Waals surface area contributed by atoms with Crippen LogP contribution in [-0.4, -0.2) is 41.6 Å². The Morgan fingerprint density at radius 2 is 2.20 bits per heavy atom. The second-order valence-corrected chi connectivity index (χ2v) is 6.71. The van der Waals surface area contributed by atoms with Gasteiger partial charge in [-0.05, 0) is 50.5 Å². The Kier molecular flexibility index (Phi) is 6.05. The van der Waals surface area contributed by atoms with Gasteiger partial charge >= 0.3 is 0 Å². The highest BCUT2D eigenvalue weighted by atomic mass is 35.5. The highest BCUT2D eigenvalue weighted by molar-refractivity contribution is 6.30. The summed E-state index contributed by atoms with van der Waals surface area (Å²) >= 11 is 5.90. The number of aromatic nitrogens is 1. The topological polar surface area (TPSA) is 42.4 Å². The second kappa shape index (κ2) is 8.45. The van der Waals surface area contributed by atoms with E-state index < -0.39 is 0 Å². The van der Waals surface area contributed by atoms with Gasteiger partial charge in [-0.15, -0.1) is 0 Å². The van der Waals surface area contributed by atoms with Crippen molar-refractivity contribution in [1.29, 1.82) is 0 Å². The molecule has 5 heteroatoms. The van der Waals surface area contributed by atoms with Crippen LogP contribution in [0.5, 0.6) is 0 Å². The maximum absolute atomic E-state index is 12.9. The summed E-state index contributed by atoms with van der Waals surface area (Å²) in [6.07, 6.45) is 5.09. The molecule has 1 aromatic carbocycles. The molecule has 1 aliphatic heterocycles. The summed E-state index contributed by atoms with van der Waals surface area (Å²) < 4.78 is 5.78. The Labute approximate surface area is 153 Å². The van der Waals surface area contributed by atoms with E-state index in [0.29, 0.717) is 23.7 Å². The molecule has 1 atom stereocenters. The summed E-state index contributed by atoms with van der Waals surface area (Å²) in [6.45, 7) is 4.13. The second-order valence-electron chi connectivity index (χ2n) is 6.27. The van der Waals surface area contributed by atoms with E-state index in [9.17, 15) is 4.79 Å². The van der Waals surface area contributed by atoms with E-state index in [1.807, 2.05) is 42.2 Å². The average molecular weight is 359 g/mol. The number of hydrogen-bond donors (Lipinski definition) is 0. The fraction of sp³-hybridized carbons (Fsp3) is 0.400. The van der Waals surface area contributed by atoms with Gasteiger partial charge in [-0.25, -0.2) is 0 Å². The molecule has 0 unspecified atom stereocenters. The van der Waals surface area contributed by atoms with E-state index >= 15 is 0 Å². The van der Waals surface area contributed by atoms with Gasteiger partial charge in [0.25, 0.3) is 5.91 Å². The third-order valence-electron chi connectivity index (χ3n) is 4.50. The molecule has 0 N–H and O–H groups in total. The van der Waals surface area contributed by atoms with Crippen molar-refractivity contribution in [3.8, 4) is 11.3 Å². The predicted molar refractivity (Wildman–Crippen MR) is 99.9 cm³/mol. The zero-order valence-electron chi connectivity index (χ0n) is 14.5. The van der Waals surface area contributed by atoms with E-state index in [0.717, 1.165) is 30.7 Å². The van der Waals surface area contributed by atoms with Crippen molar-refractivity contribution in [3.05, 3.63) is 53.2 Å². The molecule has 0 saturated carbocycles. The Morgan fingerprint density at radius 1 is 1.32 bits per heavy atom. The Morgan fingerprint density at radius 3 is 2.88 bits per heavy atom. The standard InChI is InChI=1S/C20H23ClN2O2/c1-2-23(14-18-8-3-4-11-25-18)20(24)16-7-5-6-15(12-16)19-10-9-17(21)13-22-19/h5-7,9-10,12-13,18H,2-4,8,11,14H2,1H3/t18-/m0/s1. The van der Waals surface area contributed by atoms with Gasteiger partial charge in [-0.1, -0.05) is 23.7 Å². The SMILES string of the molecule is CCN(C[C@@H]1CCCCO1)C(=O)c1cccc(-c2ccc(Cl)cn2)c1. The fourth-order valence-electron chi connectivity index (χ4n) is 3.09. The minimum atomic E-state index is 0.0347. The van der Waals surface area contributed by atoms with Crippen molar-refractivity contribution in [2.75, 3.05) is 19.7 Å². The first-order valence-corrected chi connectivity index (χ1v) is 9.18. The molecular weight excluding hydrogens is 336 g/mol. The van der Waals surface area contributed by atoms with Crippen molar-refractivity contribution < 1.29 is 9.53 Å². The first-order valence-electron chi connectivity index (χ1n) is 8.80. The van der Waals surface area contributed by atoms with E-state index in [-0.39, 0.29) is 12.0 Å². The number of amides is 1. The van der Waals surface area contributed by atoms with Gasteiger partial charge in [0.05, 0.1) is 16.8 Å². The van der Waals surface area contributed by atoms with Crippen molar-refractivity contribution in [1.82, 2.24) is 9.88 Å². The van der Waals surface area contributed by atoms with Gasteiger partial charge in [0.2, 0.25) is 0 Å². The lowest BCUT2D eigenvalue weighted by Crippen LogP contribution is -2.39. The lowest BCUT2D eigenvalue weighted by Gasteiger charge is -2.29. The number of halogens is 1. The largest absolute Gasteiger partial charge is 0.376 e. The number of rotatable bonds is 5. The van der Waals surface area contributed by atoms with Gasteiger partial charge in [0.1, 0.15) is 0 Å². The number of hydrogen-bond acceptors (Lipinski definition) is 3. The van der Waals surface area contributed by atoms with Gasteiger partial charge in [0.15, 0.2) is 0 Å². The monoisotopic (exact) mass is 358 g/mol. The normalized spacial score (nSPS) is 17.3. The van der Waals surface area contributed by atoms with Crippen LogP contribution in [0, 0.1) is 0 Å². The summed E-state index contributed by atoms with van der Waals surface area (Å²) in [5, 5.41) is 0.598. The molecular formula is C20H23ClN2O2. The average Bonchev–Trinajstić information content (AvgIpc) is 2.67. The molecule has 2 aromatic rings. The Hall–Kier alpha value is -1.91. The minimum absolute atomic E-state index is 0.0347. The Balaban J connectivity index is 1.76. The van der Waals surface area contributed by atoms with Gasteiger partial charge < -0.3 is 9.64 Å². The Bertz CT molecular complexity index is 712. The van der Waals surface area contributed by atoms with E-state index in [4.69, 9.17) is 16.3 Å². The van der Waals surface area contributed by atoms with Crippen LogP contribution in [0.25, 0.3) is 11.3 Å². The van der Waals surface area contributed by atoms with E-state index in [2.05, 4.69) is 4.98 Å². The van der Waals surface area contributed by atoms with Crippen LogP contribution in [0.3, 0.4) is 0 Å². The number of nitrogens with zero attached hydrogens (tertiary/aromatic N) is 2. The first-order chi connectivity index (χ1) is 12.2. The maximum Gasteiger partial charge on any atom is 0.253 e. The molecule has 1 saturated heterocycles. The summed E-state index contributed by atoms with van der Waals surface area (Å²) in [5.41, 5.74) is 2.39. The number of likely N-dealkylation sites (N-methyl/N-ethyl adjacent to an activating group) is 1. The number of carbonyl (C=O) groups is 1. The van der Waals surface area contributed by atoms with E-state index in [1.165, 1.54) is 6.42 Å². The third kappa shape index (κ3) is 4.59. The molecule has 1 amide bonds. The number of pyridine rings is 1.